The summed E-state index contributed by atoms with van der Waals surface area (Å²) in [4.78, 5) is 23.7. The lowest BCUT2D eigenvalue weighted by molar-refractivity contribution is -0.124. The van der Waals surface area contributed by atoms with Crippen LogP contribution in [0.4, 0.5) is 5.69 Å². The van der Waals surface area contributed by atoms with E-state index in [4.69, 9.17) is 0 Å². The Labute approximate surface area is 160 Å². The van der Waals surface area contributed by atoms with Crippen molar-refractivity contribution in [3.63, 3.8) is 0 Å². The molecule has 142 valence electrons. The SMILES string of the molecule is Cc1ccc(NC(=O)CCC(=O)NN=Cc2ccc(C(C)(C)C)cc2)cc1. The number of hydrogen-bond donors (Lipinski definition) is 2. The Morgan fingerprint density at radius 1 is 0.926 bits per heavy atom. The third kappa shape index (κ3) is 7.05. The summed E-state index contributed by atoms with van der Waals surface area (Å²) < 4.78 is 0. The van der Waals surface area contributed by atoms with Crippen LogP contribution in [-0.2, 0) is 15.0 Å². The fourth-order valence-electron chi connectivity index (χ4n) is 2.39. The maximum Gasteiger partial charge on any atom is 0.240 e. The van der Waals surface area contributed by atoms with E-state index in [1.54, 1.807) is 6.21 Å². The van der Waals surface area contributed by atoms with Crippen molar-refractivity contribution >= 4 is 23.7 Å². The minimum Gasteiger partial charge on any atom is -0.326 e. The van der Waals surface area contributed by atoms with Crippen molar-refractivity contribution in [1.82, 2.24) is 5.43 Å². The number of benzene rings is 2. The lowest BCUT2D eigenvalue weighted by Gasteiger charge is -2.18. The molecule has 0 atom stereocenters. The van der Waals surface area contributed by atoms with E-state index in [9.17, 15) is 9.59 Å². The lowest BCUT2D eigenvalue weighted by Crippen LogP contribution is -2.20. The van der Waals surface area contributed by atoms with Crippen LogP contribution in [-0.4, -0.2) is 18.0 Å². The van der Waals surface area contributed by atoms with Gasteiger partial charge < -0.3 is 5.32 Å². The topological polar surface area (TPSA) is 70.6 Å². The highest BCUT2D eigenvalue weighted by atomic mass is 16.2. The van der Waals surface area contributed by atoms with Gasteiger partial charge in [-0.25, -0.2) is 5.43 Å². The summed E-state index contributed by atoms with van der Waals surface area (Å²) in [6, 6.07) is 15.6. The van der Waals surface area contributed by atoms with Crippen molar-refractivity contribution in [3.05, 3.63) is 65.2 Å². The molecule has 0 aliphatic carbocycles. The first-order valence-corrected chi connectivity index (χ1v) is 9.03. The van der Waals surface area contributed by atoms with E-state index < -0.39 is 0 Å². The summed E-state index contributed by atoms with van der Waals surface area (Å²) in [5.41, 5.74) is 6.54. The molecule has 0 saturated heterocycles. The van der Waals surface area contributed by atoms with Gasteiger partial charge >= 0.3 is 0 Å². The highest BCUT2D eigenvalue weighted by Crippen LogP contribution is 2.21. The van der Waals surface area contributed by atoms with Crippen molar-refractivity contribution < 1.29 is 9.59 Å². The Morgan fingerprint density at radius 2 is 1.52 bits per heavy atom. The van der Waals surface area contributed by atoms with Gasteiger partial charge in [-0.2, -0.15) is 5.10 Å². The standard InChI is InChI=1S/C22H27N3O2/c1-16-5-11-19(12-6-16)24-20(26)13-14-21(27)25-23-15-17-7-9-18(10-8-17)22(2,3)4/h5-12,15H,13-14H2,1-4H3,(H,24,26)(H,25,27). The summed E-state index contributed by atoms with van der Waals surface area (Å²) in [5, 5.41) is 6.72. The number of amides is 2. The molecule has 0 aliphatic rings. The van der Waals surface area contributed by atoms with Crippen molar-refractivity contribution in [2.45, 2.75) is 46.0 Å². The van der Waals surface area contributed by atoms with Gasteiger partial charge in [0.05, 0.1) is 6.21 Å². The van der Waals surface area contributed by atoms with Gasteiger partial charge in [0.1, 0.15) is 0 Å². The predicted molar refractivity (Wildman–Crippen MR) is 110 cm³/mol. The van der Waals surface area contributed by atoms with Crippen molar-refractivity contribution in [2.75, 3.05) is 5.32 Å². The quantitative estimate of drug-likeness (QED) is 0.596. The van der Waals surface area contributed by atoms with Crippen molar-refractivity contribution in [1.29, 1.82) is 0 Å². The second-order valence-electron chi connectivity index (χ2n) is 7.58. The molecule has 2 aromatic rings. The zero-order valence-corrected chi connectivity index (χ0v) is 16.4. The van der Waals surface area contributed by atoms with E-state index in [-0.39, 0.29) is 30.1 Å². The average molecular weight is 365 g/mol. The van der Waals surface area contributed by atoms with Crippen LogP contribution >= 0.6 is 0 Å². The maximum atomic E-state index is 11.9. The second-order valence-corrected chi connectivity index (χ2v) is 7.58. The van der Waals surface area contributed by atoms with Crippen LogP contribution in [0.2, 0.25) is 0 Å². The van der Waals surface area contributed by atoms with Crippen LogP contribution in [0.25, 0.3) is 0 Å². The Morgan fingerprint density at radius 3 is 2.11 bits per heavy atom. The molecule has 0 bridgehead atoms. The number of nitrogens with one attached hydrogen (secondary N) is 2. The highest BCUT2D eigenvalue weighted by molar-refractivity contribution is 5.93. The van der Waals surface area contributed by atoms with Crippen molar-refractivity contribution in [2.24, 2.45) is 5.10 Å². The van der Waals surface area contributed by atoms with Gasteiger partial charge in [0.2, 0.25) is 11.8 Å². The summed E-state index contributed by atoms with van der Waals surface area (Å²) in [6.45, 7) is 8.46. The molecule has 0 fully saturated rings. The molecule has 0 spiro atoms. The molecule has 0 unspecified atom stereocenters. The van der Waals surface area contributed by atoms with Crippen LogP contribution in [0.1, 0.15) is 50.3 Å². The number of nitrogens with zero attached hydrogens (tertiary/aromatic N) is 1. The molecule has 0 aromatic heterocycles. The highest BCUT2D eigenvalue weighted by Gasteiger charge is 2.12. The van der Waals surface area contributed by atoms with Gasteiger partial charge in [0.25, 0.3) is 0 Å². The molecule has 2 amide bonds. The lowest BCUT2D eigenvalue weighted by atomic mass is 9.87. The number of anilines is 1. The third-order valence-electron chi connectivity index (χ3n) is 4.09. The van der Waals surface area contributed by atoms with Gasteiger partial charge in [-0.05, 0) is 35.6 Å². The molecule has 2 aromatic carbocycles. The third-order valence-corrected chi connectivity index (χ3v) is 4.09. The summed E-state index contributed by atoms with van der Waals surface area (Å²) in [6.07, 6.45) is 1.78. The fraction of sp³-hybridized carbons (Fsp3) is 0.318. The van der Waals surface area contributed by atoms with Gasteiger partial charge in [0, 0.05) is 18.5 Å². The number of aryl methyl sites for hydroxylation is 1. The van der Waals surface area contributed by atoms with E-state index in [0.717, 1.165) is 16.8 Å². The van der Waals surface area contributed by atoms with E-state index in [0.29, 0.717) is 0 Å². The smallest absolute Gasteiger partial charge is 0.240 e. The van der Waals surface area contributed by atoms with Crippen LogP contribution in [0.5, 0.6) is 0 Å². The van der Waals surface area contributed by atoms with Crippen LogP contribution in [0.3, 0.4) is 0 Å². The van der Waals surface area contributed by atoms with Gasteiger partial charge in [-0.3, -0.25) is 9.59 Å². The van der Waals surface area contributed by atoms with Crippen LogP contribution in [0.15, 0.2) is 53.6 Å². The number of carbonyl (C=O) groups excluding carboxylic acids is 2. The molecule has 0 saturated carbocycles. The van der Waals surface area contributed by atoms with E-state index in [2.05, 4.69) is 48.7 Å². The Balaban J connectivity index is 1.74. The fourth-order valence-corrected chi connectivity index (χ4v) is 2.39. The number of rotatable bonds is 6. The maximum absolute atomic E-state index is 11.9. The number of hydrazone groups is 1. The molecule has 0 heterocycles. The van der Waals surface area contributed by atoms with E-state index >= 15 is 0 Å². The number of carbonyl (C=O) groups is 2. The van der Waals surface area contributed by atoms with Gasteiger partial charge in [-0.15, -0.1) is 0 Å². The van der Waals surface area contributed by atoms with Crippen LogP contribution < -0.4 is 10.7 Å². The molecule has 2 N–H and O–H groups in total. The van der Waals surface area contributed by atoms with Crippen LogP contribution in [0, 0.1) is 6.92 Å². The Bertz CT molecular complexity index is 801. The monoisotopic (exact) mass is 365 g/mol. The molecule has 27 heavy (non-hydrogen) atoms. The summed E-state index contributed by atoms with van der Waals surface area (Å²) >= 11 is 0. The molecule has 5 nitrogen and oxygen atoms in total. The average Bonchev–Trinajstić information content (AvgIpc) is 2.62. The van der Waals surface area contributed by atoms with Gasteiger partial charge in [0.15, 0.2) is 0 Å². The van der Waals surface area contributed by atoms with E-state index in [1.807, 2.05) is 43.3 Å². The Kier molecular flexibility index (Phi) is 6.88. The molecule has 0 aliphatic heterocycles. The minimum atomic E-state index is -0.295. The first kappa shape index (κ1) is 20.4. The minimum absolute atomic E-state index is 0.0813. The summed E-state index contributed by atoms with van der Waals surface area (Å²) in [7, 11) is 0. The summed E-state index contributed by atoms with van der Waals surface area (Å²) in [5.74, 6) is -0.493. The predicted octanol–water partition coefficient (Wildman–Crippen LogP) is 4.16. The molecular weight excluding hydrogens is 338 g/mol. The van der Waals surface area contributed by atoms with Gasteiger partial charge in [-0.1, -0.05) is 62.7 Å². The zero-order chi connectivity index (χ0) is 19.9. The first-order chi connectivity index (χ1) is 12.7. The Hall–Kier alpha value is -2.95. The second kappa shape index (κ2) is 9.12. The molecule has 0 radical (unpaired) electrons. The molecular formula is C22H27N3O2. The first-order valence-electron chi connectivity index (χ1n) is 9.03. The normalized spacial score (nSPS) is 11.4. The van der Waals surface area contributed by atoms with E-state index in [1.165, 1.54) is 5.56 Å². The number of hydrogen-bond acceptors (Lipinski definition) is 3. The molecule has 5 heteroatoms. The zero-order valence-electron chi connectivity index (χ0n) is 16.4. The van der Waals surface area contributed by atoms with Crippen molar-refractivity contribution in [3.8, 4) is 0 Å². The largest absolute Gasteiger partial charge is 0.326 e. The molecule has 2 rings (SSSR count).